The van der Waals surface area contributed by atoms with Gasteiger partial charge in [0.2, 0.25) is 5.91 Å². The van der Waals surface area contributed by atoms with E-state index in [-0.39, 0.29) is 22.1 Å². The van der Waals surface area contributed by atoms with Crippen LogP contribution in [0.25, 0.3) is 0 Å². The number of likely N-dealkylation sites (N-methyl/N-ethyl adjacent to an activating group) is 1. The van der Waals surface area contributed by atoms with Gasteiger partial charge in [-0.3, -0.25) is 4.79 Å². The van der Waals surface area contributed by atoms with Gasteiger partial charge in [0.25, 0.3) is 0 Å². The second-order valence-corrected chi connectivity index (χ2v) is 7.51. The molecule has 0 spiro atoms. The minimum atomic E-state index is -4.78. The van der Waals surface area contributed by atoms with Gasteiger partial charge < -0.3 is 14.4 Å². The number of amides is 1. The predicted molar refractivity (Wildman–Crippen MR) is 94.7 cm³/mol. The van der Waals surface area contributed by atoms with E-state index in [9.17, 15) is 26.4 Å². The molecule has 150 valence electrons. The molecule has 0 radical (unpaired) electrons. The van der Waals surface area contributed by atoms with Crippen molar-refractivity contribution in [2.75, 3.05) is 14.1 Å². The largest absolute Gasteiger partial charge is 0.573 e. The number of hydrogen-bond acceptors (Lipinski definition) is 5. The Morgan fingerprint density at radius 1 is 0.929 bits per heavy atom. The van der Waals surface area contributed by atoms with Crippen LogP contribution in [0.4, 0.5) is 13.2 Å². The lowest BCUT2D eigenvalue weighted by Gasteiger charge is -2.10. The Labute approximate surface area is 159 Å². The van der Waals surface area contributed by atoms with Crippen molar-refractivity contribution in [3.63, 3.8) is 0 Å². The minimum Gasteiger partial charge on any atom is -0.457 e. The zero-order valence-corrected chi connectivity index (χ0v) is 15.6. The summed E-state index contributed by atoms with van der Waals surface area (Å²) < 4.78 is 70.0. The summed E-state index contributed by atoms with van der Waals surface area (Å²) >= 11 is 0. The first kappa shape index (κ1) is 21.3. The van der Waals surface area contributed by atoms with Gasteiger partial charge >= 0.3 is 6.36 Å². The van der Waals surface area contributed by atoms with Crippen molar-refractivity contribution >= 4 is 15.7 Å². The molecule has 2 rings (SSSR count). The van der Waals surface area contributed by atoms with Crippen molar-refractivity contribution in [2.45, 2.75) is 11.3 Å². The predicted octanol–water partition coefficient (Wildman–Crippen LogP) is 3.75. The lowest BCUT2D eigenvalue weighted by Crippen LogP contribution is -2.19. The number of hydrogen-bond donors (Lipinski definition) is 0. The number of carbonyl (C=O) groups excluding carboxylic acids is 1. The number of nitrogens with zero attached hydrogens (tertiary/aromatic N) is 1. The summed E-state index contributed by atoms with van der Waals surface area (Å²) in [5.74, 6) is -0.347. The average Bonchev–Trinajstić information content (AvgIpc) is 2.60. The zero-order valence-electron chi connectivity index (χ0n) is 14.8. The molecule has 0 aromatic heterocycles. The molecule has 1 amide bonds. The third-order valence-corrected chi connectivity index (χ3v) is 4.70. The van der Waals surface area contributed by atoms with Gasteiger partial charge in [-0.2, -0.15) is 0 Å². The highest BCUT2D eigenvalue weighted by atomic mass is 32.2. The maximum absolute atomic E-state index is 12.2. The minimum absolute atomic E-state index is 0.0448. The van der Waals surface area contributed by atoms with Gasteiger partial charge in [0.05, 0.1) is 4.90 Å². The van der Waals surface area contributed by atoms with E-state index in [2.05, 4.69) is 4.74 Å². The van der Waals surface area contributed by atoms with E-state index >= 15 is 0 Å². The Bertz CT molecular complexity index is 950. The smallest absolute Gasteiger partial charge is 0.457 e. The van der Waals surface area contributed by atoms with Crippen LogP contribution < -0.4 is 9.47 Å². The first-order valence-corrected chi connectivity index (χ1v) is 9.29. The second-order valence-electron chi connectivity index (χ2n) is 5.67. The van der Waals surface area contributed by atoms with Crippen LogP contribution in [-0.2, 0) is 14.6 Å². The van der Waals surface area contributed by atoms with Crippen molar-refractivity contribution in [3.8, 4) is 17.2 Å². The summed E-state index contributed by atoms with van der Waals surface area (Å²) in [4.78, 5) is 12.6. The molecule has 0 heterocycles. The first-order chi connectivity index (χ1) is 13.0. The van der Waals surface area contributed by atoms with Crippen LogP contribution in [0.1, 0.15) is 0 Å². The van der Waals surface area contributed by atoms with E-state index in [4.69, 9.17) is 4.74 Å². The molecule has 0 aliphatic carbocycles. The molecule has 0 aliphatic heterocycles. The first-order valence-electron chi connectivity index (χ1n) is 7.74. The summed E-state index contributed by atoms with van der Waals surface area (Å²) in [5.41, 5.74) is 0. The van der Waals surface area contributed by atoms with Gasteiger partial charge in [-0.1, -0.05) is 0 Å². The van der Waals surface area contributed by atoms with E-state index in [1.54, 1.807) is 0 Å². The van der Waals surface area contributed by atoms with E-state index in [1.807, 2.05) is 0 Å². The Hall–Kier alpha value is -3.01. The van der Waals surface area contributed by atoms with E-state index in [1.165, 1.54) is 55.4 Å². The standard InChI is InChI=1S/C18H16F3NO5S/c1-22(2)17(23)11-12-28(24,25)16-9-7-14(8-10-16)26-13-3-5-15(6-4-13)27-18(19,20)21/h3-12H,1-2H3. The molecular weight excluding hydrogens is 399 g/mol. The number of halogens is 3. The van der Waals surface area contributed by atoms with Gasteiger partial charge in [-0.15, -0.1) is 13.2 Å². The lowest BCUT2D eigenvalue weighted by molar-refractivity contribution is -0.274. The Morgan fingerprint density at radius 3 is 1.86 bits per heavy atom. The molecule has 28 heavy (non-hydrogen) atoms. The molecule has 0 atom stereocenters. The number of ether oxygens (including phenoxy) is 2. The van der Waals surface area contributed by atoms with Gasteiger partial charge in [0, 0.05) is 25.6 Å². The Morgan fingerprint density at radius 2 is 1.39 bits per heavy atom. The average molecular weight is 415 g/mol. The summed E-state index contributed by atoms with van der Waals surface area (Å²) in [5, 5.41) is 0.810. The van der Waals surface area contributed by atoms with Crippen molar-refractivity contribution in [1.29, 1.82) is 0 Å². The maximum Gasteiger partial charge on any atom is 0.573 e. The third kappa shape index (κ3) is 6.31. The Kier molecular flexibility index (Phi) is 6.34. The summed E-state index contributed by atoms with van der Waals surface area (Å²) in [6.45, 7) is 0. The SMILES string of the molecule is CN(C)C(=O)C=CS(=O)(=O)c1ccc(Oc2ccc(OC(F)(F)F)cc2)cc1. The number of sulfone groups is 1. The highest BCUT2D eigenvalue weighted by molar-refractivity contribution is 7.94. The number of carbonyl (C=O) groups is 1. The molecule has 0 fully saturated rings. The van der Waals surface area contributed by atoms with E-state index in [0.717, 1.165) is 23.6 Å². The fourth-order valence-corrected chi connectivity index (χ4v) is 2.89. The van der Waals surface area contributed by atoms with Crippen LogP contribution in [-0.4, -0.2) is 39.7 Å². The number of rotatable bonds is 6. The molecule has 10 heteroatoms. The van der Waals surface area contributed by atoms with Crippen LogP contribution in [0, 0.1) is 0 Å². The Balaban J connectivity index is 2.07. The number of benzene rings is 2. The van der Waals surface area contributed by atoms with Crippen LogP contribution in [0.15, 0.2) is 64.9 Å². The highest BCUT2D eigenvalue weighted by Crippen LogP contribution is 2.28. The third-order valence-electron chi connectivity index (χ3n) is 3.28. The molecule has 0 N–H and O–H groups in total. The summed E-state index contributed by atoms with van der Waals surface area (Å²) in [7, 11) is -0.822. The van der Waals surface area contributed by atoms with Crippen molar-refractivity contribution in [3.05, 3.63) is 60.0 Å². The van der Waals surface area contributed by atoms with E-state index < -0.39 is 22.1 Å². The quantitative estimate of drug-likeness (QED) is 0.672. The zero-order chi connectivity index (χ0) is 20.9. The van der Waals surface area contributed by atoms with Crippen molar-refractivity contribution < 1.29 is 35.9 Å². The highest BCUT2D eigenvalue weighted by Gasteiger charge is 2.31. The van der Waals surface area contributed by atoms with Gasteiger partial charge in [0.15, 0.2) is 9.84 Å². The normalized spacial score (nSPS) is 12.0. The fourth-order valence-electron chi connectivity index (χ4n) is 1.92. The van der Waals surface area contributed by atoms with Crippen molar-refractivity contribution in [2.24, 2.45) is 0 Å². The molecule has 0 bridgehead atoms. The second kappa shape index (κ2) is 8.34. The van der Waals surface area contributed by atoms with Crippen LogP contribution in [0.3, 0.4) is 0 Å². The number of alkyl halides is 3. The lowest BCUT2D eigenvalue weighted by atomic mass is 10.3. The van der Waals surface area contributed by atoms with Gasteiger partial charge in [0.1, 0.15) is 17.2 Å². The topological polar surface area (TPSA) is 72.9 Å². The van der Waals surface area contributed by atoms with E-state index in [0.29, 0.717) is 0 Å². The summed E-state index contributed by atoms with van der Waals surface area (Å²) in [6.07, 6.45) is -3.83. The molecule has 2 aromatic rings. The molecule has 0 saturated heterocycles. The van der Waals surface area contributed by atoms with Gasteiger partial charge in [-0.05, 0) is 48.5 Å². The molecule has 6 nitrogen and oxygen atoms in total. The van der Waals surface area contributed by atoms with Crippen LogP contribution in [0.2, 0.25) is 0 Å². The molecule has 0 unspecified atom stereocenters. The maximum atomic E-state index is 12.2. The van der Waals surface area contributed by atoms with Crippen molar-refractivity contribution in [1.82, 2.24) is 4.90 Å². The summed E-state index contributed by atoms with van der Waals surface area (Å²) in [6, 6.07) is 10.1. The molecule has 0 aliphatic rings. The molecule has 0 saturated carbocycles. The fraction of sp³-hybridized carbons (Fsp3) is 0.167. The molecule has 2 aromatic carbocycles. The van der Waals surface area contributed by atoms with Crippen LogP contribution in [0.5, 0.6) is 17.2 Å². The monoisotopic (exact) mass is 415 g/mol. The molecular formula is C18H16F3NO5S. The van der Waals surface area contributed by atoms with Gasteiger partial charge in [-0.25, -0.2) is 8.42 Å². The van der Waals surface area contributed by atoms with Crippen LogP contribution >= 0.6 is 0 Å².